The van der Waals surface area contributed by atoms with E-state index < -0.39 is 17.9 Å². The van der Waals surface area contributed by atoms with E-state index in [2.05, 4.69) is 0 Å². The highest BCUT2D eigenvalue weighted by atomic mass is 16.5. The molecule has 94 valence electrons. The molecule has 0 aliphatic rings. The minimum atomic E-state index is -1.06. The average Bonchev–Trinajstić information content (AvgIpc) is 2.29. The molecule has 1 atom stereocenters. The minimum absolute atomic E-state index is 0.197. The van der Waals surface area contributed by atoms with E-state index in [-0.39, 0.29) is 18.8 Å². The lowest BCUT2D eigenvalue weighted by Gasteiger charge is -2.11. The zero-order valence-corrected chi connectivity index (χ0v) is 10.6. The van der Waals surface area contributed by atoms with Crippen LogP contribution in [0.2, 0.25) is 0 Å². The summed E-state index contributed by atoms with van der Waals surface area (Å²) >= 11 is 0. The topological polar surface area (TPSA) is 76.4 Å². The van der Waals surface area contributed by atoms with Crippen LogP contribution in [0.15, 0.2) is 11.1 Å². The average molecular weight is 239 g/mol. The number of ether oxygens (including phenoxy) is 2. The summed E-state index contributed by atoms with van der Waals surface area (Å²) in [5.41, 5.74) is 0.635. The van der Waals surface area contributed by atoms with Crippen molar-refractivity contribution in [2.45, 2.75) is 27.7 Å². The second-order valence-corrected chi connectivity index (χ2v) is 3.34. The van der Waals surface area contributed by atoms with Gasteiger partial charge >= 0.3 is 11.9 Å². The van der Waals surface area contributed by atoms with Crippen molar-refractivity contribution in [2.75, 3.05) is 13.2 Å². The molecule has 0 saturated carbocycles. The van der Waals surface area contributed by atoms with Crippen LogP contribution < -0.4 is 0 Å². The van der Waals surface area contributed by atoms with Gasteiger partial charge in [0.25, 0.3) is 0 Å². The Labute approximate surface area is 101 Å². The summed E-state index contributed by atoms with van der Waals surface area (Å²) in [7, 11) is 0. The van der Waals surface area contributed by atoms with Crippen molar-refractivity contribution in [2.24, 2.45) is 5.92 Å². The third-order valence-electron chi connectivity index (χ3n) is 2.26. The van der Waals surface area contributed by atoms with Crippen LogP contribution in [-0.2, 0) is 19.1 Å². The fourth-order valence-corrected chi connectivity index (χ4v) is 1.17. The quantitative estimate of drug-likeness (QED) is 0.538. The molecule has 1 unspecified atom stereocenters. The van der Waals surface area contributed by atoms with Crippen molar-refractivity contribution in [1.29, 1.82) is 5.26 Å². The molecule has 0 saturated heterocycles. The number of carbonyl (C=O) groups excluding carboxylic acids is 2. The summed E-state index contributed by atoms with van der Waals surface area (Å²) in [4.78, 5) is 22.9. The molecule has 0 radical (unpaired) electrons. The second kappa shape index (κ2) is 7.44. The molecule has 0 heterocycles. The second-order valence-electron chi connectivity index (χ2n) is 3.34. The molecular weight excluding hydrogens is 222 g/mol. The maximum Gasteiger partial charge on any atom is 0.333 e. The summed E-state index contributed by atoms with van der Waals surface area (Å²) in [6, 6.07) is 1.82. The predicted octanol–water partition coefficient (Wildman–Crippen LogP) is 1.59. The van der Waals surface area contributed by atoms with Crippen LogP contribution in [0.4, 0.5) is 0 Å². The summed E-state index contributed by atoms with van der Waals surface area (Å²) in [6.45, 7) is 6.87. The van der Waals surface area contributed by atoms with Gasteiger partial charge < -0.3 is 9.47 Å². The highest BCUT2D eigenvalue weighted by molar-refractivity contribution is 5.91. The summed E-state index contributed by atoms with van der Waals surface area (Å²) < 4.78 is 9.56. The Kier molecular flexibility index (Phi) is 6.64. The van der Waals surface area contributed by atoms with Gasteiger partial charge in [-0.05, 0) is 33.3 Å². The standard InChI is InChI=1S/C12H17NO4/c1-5-16-11(14)9(4)8(3)10(7-13)12(15)17-6-2/h10H,5-6H2,1-4H3. The van der Waals surface area contributed by atoms with E-state index in [1.807, 2.05) is 6.07 Å². The van der Waals surface area contributed by atoms with Crippen molar-refractivity contribution in [3.8, 4) is 6.07 Å². The Balaban J connectivity index is 5.02. The van der Waals surface area contributed by atoms with Crippen molar-refractivity contribution < 1.29 is 19.1 Å². The van der Waals surface area contributed by atoms with Crippen molar-refractivity contribution in [3.63, 3.8) is 0 Å². The maximum atomic E-state index is 11.5. The van der Waals surface area contributed by atoms with Gasteiger partial charge in [-0.1, -0.05) is 0 Å². The first-order valence-corrected chi connectivity index (χ1v) is 5.40. The first-order chi connectivity index (χ1) is 7.99. The Morgan fingerprint density at radius 1 is 1.18 bits per heavy atom. The normalized spacial score (nSPS) is 13.1. The molecule has 0 aromatic heterocycles. The molecule has 0 fully saturated rings. The highest BCUT2D eigenvalue weighted by Gasteiger charge is 2.24. The van der Waals surface area contributed by atoms with Gasteiger partial charge in [0, 0.05) is 5.57 Å². The third kappa shape index (κ3) is 4.27. The molecule has 0 aliphatic heterocycles. The van der Waals surface area contributed by atoms with Gasteiger partial charge in [-0.15, -0.1) is 0 Å². The molecule has 5 nitrogen and oxygen atoms in total. The predicted molar refractivity (Wildman–Crippen MR) is 60.7 cm³/mol. The summed E-state index contributed by atoms with van der Waals surface area (Å²) in [6.07, 6.45) is 0. The van der Waals surface area contributed by atoms with Crippen LogP contribution in [0, 0.1) is 17.2 Å². The monoisotopic (exact) mass is 239 g/mol. The van der Waals surface area contributed by atoms with Gasteiger partial charge in [-0.3, -0.25) is 4.79 Å². The summed E-state index contributed by atoms with van der Waals surface area (Å²) in [5, 5.41) is 8.92. The Morgan fingerprint density at radius 3 is 2.12 bits per heavy atom. The molecule has 0 aromatic rings. The van der Waals surface area contributed by atoms with E-state index in [1.54, 1.807) is 20.8 Å². The van der Waals surface area contributed by atoms with Crippen LogP contribution in [0.1, 0.15) is 27.7 Å². The molecule has 0 N–H and O–H groups in total. The van der Waals surface area contributed by atoms with Crippen LogP contribution >= 0.6 is 0 Å². The molecular formula is C12H17NO4. The maximum absolute atomic E-state index is 11.5. The van der Waals surface area contributed by atoms with E-state index in [0.717, 1.165) is 0 Å². The number of nitriles is 1. The van der Waals surface area contributed by atoms with Gasteiger partial charge in [0.1, 0.15) is 0 Å². The lowest BCUT2D eigenvalue weighted by molar-refractivity contribution is -0.144. The van der Waals surface area contributed by atoms with Gasteiger partial charge in [-0.2, -0.15) is 5.26 Å². The number of esters is 2. The van der Waals surface area contributed by atoms with Gasteiger partial charge in [0.15, 0.2) is 5.92 Å². The van der Waals surface area contributed by atoms with E-state index in [9.17, 15) is 9.59 Å². The first kappa shape index (κ1) is 15.2. The van der Waals surface area contributed by atoms with Crippen molar-refractivity contribution in [3.05, 3.63) is 11.1 Å². The largest absolute Gasteiger partial charge is 0.465 e. The molecule has 5 heteroatoms. The third-order valence-corrected chi connectivity index (χ3v) is 2.26. The number of rotatable bonds is 5. The molecule has 0 aromatic carbocycles. The van der Waals surface area contributed by atoms with Crippen molar-refractivity contribution >= 4 is 11.9 Å². The van der Waals surface area contributed by atoms with E-state index >= 15 is 0 Å². The van der Waals surface area contributed by atoms with Gasteiger partial charge in [0.2, 0.25) is 0 Å². The molecule has 0 aliphatic carbocycles. The zero-order chi connectivity index (χ0) is 13.4. The fraction of sp³-hybridized carbons (Fsp3) is 0.583. The minimum Gasteiger partial charge on any atom is -0.465 e. The molecule has 0 rings (SSSR count). The molecule has 17 heavy (non-hydrogen) atoms. The van der Waals surface area contributed by atoms with Crippen molar-refractivity contribution in [1.82, 2.24) is 0 Å². The van der Waals surface area contributed by atoms with E-state index in [1.165, 1.54) is 6.92 Å². The Morgan fingerprint density at radius 2 is 1.71 bits per heavy atom. The zero-order valence-electron chi connectivity index (χ0n) is 10.6. The van der Waals surface area contributed by atoms with Gasteiger partial charge in [0.05, 0.1) is 19.3 Å². The van der Waals surface area contributed by atoms with E-state index in [0.29, 0.717) is 5.57 Å². The number of carbonyl (C=O) groups is 2. The van der Waals surface area contributed by atoms with Crippen LogP contribution in [0.5, 0.6) is 0 Å². The smallest absolute Gasteiger partial charge is 0.333 e. The summed E-state index contributed by atoms with van der Waals surface area (Å²) in [5.74, 6) is -2.22. The highest BCUT2D eigenvalue weighted by Crippen LogP contribution is 2.17. The van der Waals surface area contributed by atoms with Crippen LogP contribution in [0.3, 0.4) is 0 Å². The molecule has 0 spiro atoms. The Hall–Kier alpha value is -1.83. The Bertz CT molecular complexity index is 365. The fourth-order valence-electron chi connectivity index (χ4n) is 1.17. The number of hydrogen-bond acceptors (Lipinski definition) is 5. The first-order valence-electron chi connectivity index (χ1n) is 5.40. The van der Waals surface area contributed by atoms with Crippen LogP contribution in [0.25, 0.3) is 0 Å². The molecule has 0 bridgehead atoms. The number of hydrogen-bond donors (Lipinski definition) is 0. The SMILES string of the molecule is CCOC(=O)C(C)=C(C)C(C#N)C(=O)OCC. The molecule has 0 amide bonds. The van der Waals surface area contributed by atoms with E-state index in [4.69, 9.17) is 14.7 Å². The number of nitrogens with zero attached hydrogens (tertiary/aromatic N) is 1. The van der Waals surface area contributed by atoms with Crippen LogP contribution in [-0.4, -0.2) is 25.2 Å². The lowest BCUT2D eigenvalue weighted by atomic mass is 9.97. The van der Waals surface area contributed by atoms with Gasteiger partial charge in [-0.25, -0.2) is 4.79 Å². The lowest BCUT2D eigenvalue weighted by Crippen LogP contribution is -2.20.